The molecule has 3 heteroatoms. The summed E-state index contributed by atoms with van der Waals surface area (Å²) in [6.45, 7) is 2.12. The van der Waals surface area contributed by atoms with Crippen molar-refractivity contribution in [3.8, 4) is 6.07 Å². The highest BCUT2D eigenvalue weighted by atomic mass is 127. The number of nitrogens with zero attached hydrogens (tertiary/aromatic N) is 1. The van der Waals surface area contributed by atoms with Crippen LogP contribution in [0.3, 0.4) is 0 Å². The summed E-state index contributed by atoms with van der Waals surface area (Å²) in [7, 11) is 0. The van der Waals surface area contributed by atoms with Gasteiger partial charge in [-0.1, -0.05) is 6.92 Å². The van der Waals surface area contributed by atoms with E-state index < -0.39 is 0 Å². The van der Waals surface area contributed by atoms with Gasteiger partial charge in [0.1, 0.15) is 0 Å². The molecule has 0 radical (unpaired) electrons. The molecule has 0 bridgehead atoms. The Hall–Kier alpha value is -0.600. The number of fused-ring (bicyclic) bond motifs is 1. The molecule has 0 unspecified atom stereocenters. The fourth-order valence-electron chi connectivity index (χ4n) is 1.50. The second-order valence-corrected chi connectivity index (χ2v) is 5.02. The van der Waals surface area contributed by atoms with Crippen LogP contribution in [0.15, 0.2) is 17.5 Å². The lowest BCUT2D eigenvalue weighted by molar-refractivity contribution is 1.13. The number of hydrogen-bond donors (Lipinski definition) is 0. The van der Waals surface area contributed by atoms with Crippen LogP contribution < -0.4 is 0 Å². The van der Waals surface area contributed by atoms with Gasteiger partial charge < -0.3 is 0 Å². The monoisotopic (exact) mass is 313 g/mol. The number of hydrogen-bond acceptors (Lipinski definition) is 2. The Morgan fingerprint density at radius 2 is 2.36 bits per heavy atom. The van der Waals surface area contributed by atoms with Gasteiger partial charge in [-0.15, -0.1) is 11.3 Å². The summed E-state index contributed by atoms with van der Waals surface area (Å²) in [6.07, 6.45) is 0.987. The molecule has 0 N–H and O–H groups in total. The number of nitriles is 1. The zero-order valence-electron chi connectivity index (χ0n) is 7.67. The summed E-state index contributed by atoms with van der Waals surface area (Å²) in [4.78, 5) is 0. The molecular weight excluding hydrogens is 305 g/mol. The maximum absolute atomic E-state index is 9.02. The Kier molecular flexibility index (Phi) is 2.75. The van der Waals surface area contributed by atoms with E-state index >= 15 is 0 Å². The Bertz CT molecular complexity index is 522. The third kappa shape index (κ3) is 1.43. The lowest BCUT2D eigenvalue weighted by Crippen LogP contribution is -1.88. The fraction of sp³-hybridized carbons (Fsp3) is 0.182. The van der Waals surface area contributed by atoms with E-state index in [1.54, 1.807) is 11.3 Å². The van der Waals surface area contributed by atoms with Crippen LogP contribution in [0.2, 0.25) is 0 Å². The van der Waals surface area contributed by atoms with Crippen molar-refractivity contribution in [3.63, 3.8) is 0 Å². The van der Waals surface area contributed by atoms with Gasteiger partial charge in [0, 0.05) is 13.7 Å². The molecule has 0 fully saturated rings. The van der Waals surface area contributed by atoms with Crippen LogP contribution >= 0.6 is 33.9 Å². The molecule has 14 heavy (non-hydrogen) atoms. The number of rotatable bonds is 1. The average Bonchev–Trinajstić information content (AvgIpc) is 2.68. The second kappa shape index (κ2) is 3.87. The highest BCUT2D eigenvalue weighted by Crippen LogP contribution is 2.31. The van der Waals surface area contributed by atoms with Crippen molar-refractivity contribution in [2.75, 3.05) is 0 Å². The maximum Gasteiger partial charge on any atom is 0.0998 e. The van der Waals surface area contributed by atoms with E-state index in [-0.39, 0.29) is 0 Å². The van der Waals surface area contributed by atoms with Gasteiger partial charge in [0.2, 0.25) is 0 Å². The average molecular weight is 313 g/mol. The molecule has 0 aliphatic heterocycles. The van der Waals surface area contributed by atoms with Crippen LogP contribution in [0.4, 0.5) is 0 Å². The third-order valence-electron chi connectivity index (χ3n) is 2.26. The van der Waals surface area contributed by atoms with Gasteiger partial charge in [-0.05, 0) is 52.1 Å². The molecule has 0 saturated heterocycles. The minimum atomic E-state index is 0.804. The third-order valence-corrected chi connectivity index (χ3v) is 4.79. The molecular formula is C11H8INS. The molecule has 0 aliphatic carbocycles. The summed E-state index contributed by atoms with van der Waals surface area (Å²) in [5, 5.41) is 12.2. The lowest BCUT2D eigenvalue weighted by Gasteiger charge is -2.03. The van der Waals surface area contributed by atoms with Crippen LogP contribution in [0.5, 0.6) is 0 Å². The molecule has 0 amide bonds. The summed E-state index contributed by atoms with van der Waals surface area (Å²) in [5.74, 6) is 0. The topological polar surface area (TPSA) is 23.8 Å². The Labute approximate surface area is 101 Å². The number of aryl methyl sites for hydroxylation is 1. The van der Waals surface area contributed by atoms with E-state index in [1.807, 2.05) is 17.5 Å². The van der Waals surface area contributed by atoms with Crippen molar-refractivity contribution >= 4 is 44.0 Å². The zero-order chi connectivity index (χ0) is 10.1. The largest absolute Gasteiger partial charge is 0.192 e. The van der Waals surface area contributed by atoms with Crippen molar-refractivity contribution < 1.29 is 0 Å². The number of thiophene rings is 1. The molecule has 0 saturated carbocycles. The summed E-state index contributed by atoms with van der Waals surface area (Å²) >= 11 is 4.08. The van der Waals surface area contributed by atoms with Gasteiger partial charge in [-0.2, -0.15) is 5.26 Å². The van der Waals surface area contributed by atoms with Gasteiger partial charge >= 0.3 is 0 Å². The van der Waals surface area contributed by atoms with Crippen molar-refractivity contribution in [1.82, 2.24) is 0 Å². The van der Waals surface area contributed by atoms with Crippen molar-refractivity contribution in [3.05, 3.63) is 32.2 Å². The van der Waals surface area contributed by atoms with Gasteiger partial charge in [0.25, 0.3) is 0 Å². The van der Waals surface area contributed by atoms with E-state index in [0.717, 1.165) is 17.4 Å². The first-order valence-electron chi connectivity index (χ1n) is 4.36. The van der Waals surface area contributed by atoms with E-state index in [0.29, 0.717) is 0 Å². The SMILES string of the molecule is CCc1cc(C#N)c2ccsc2c1I. The molecule has 0 spiro atoms. The lowest BCUT2D eigenvalue weighted by atomic mass is 10.1. The molecule has 0 aliphatic rings. The summed E-state index contributed by atoms with van der Waals surface area (Å²) in [6, 6.07) is 6.30. The first-order chi connectivity index (χ1) is 6.77. The van der Waals surface area contributed by atoms with Crippen LogP contribution in [0.25, 0.3) is 10.1 Å². The molecule has 1 aromatic heterocycles. The van der Waals surface area contributed by atoms with Crippen LogP contribution in [-0.2, 0) is 6.42 Å². The molecule has 70 valence electrons. The normalized spacial score (nSPS) is 10.4. The van der Waals surface area contributed by atoms with Gasteiger partial charge in [0.15, 0.2) is 0 Å². The molecule has 2 rings (SSSR count). The van der Waals surface area contributed by atoms with Crippen molar-refractivity contribution in [1.29, 1.82) is 5.26 Å². The van der Waals surface area contributed by atoms with Crippen LogP contribution in [0.1, 0.15) is 18.1 Å². The van der Waals surface area contributed by atoms with Gasteiger partial charge in [-0.3, -0.25) is 0 Å². The molecule has 1 nitrogen and oxygen atoms in total. The predicted octanol–water partition coefficient (Wildman–Crippen LogP) is 3.94. The first-order valence-corrected chi connectivity index (χ1v) is 6.32. The van der Waals surface area contributed by atoms with E-state index in [1.165, 1.54) is 13.8 Å². The second-order valence-electron chi connectivity index (χ2n) is 3.03. The smallest absolute Gasteiger partial charge is 0.0998 e. The van der Waals surface area contributed by atoms with Crippen molar-refractivity contribution in [2.24, 2.45) is 0 Å². The molecule has 0 atom stereocenters. The Morgan fingerprint density at radius 1 is 1.57 bits per heavy atom. The van der Waals surface area contributed by atoms with Crippen LogP contribution in [-0.4, -0.2) is 0 Å². The fourth-order valence-corrected chi connectivity index (χ4v) is 3.59. The van der Waals surface area contributed by atoms with Crippen molar-refractivity contribution in [2.45, 2.75) is 13.3 Å². The molecule has 2 aromatic rings. The van der Waals surface area contributed by atoms with Gasteiger partial charge in [-0.25, -0.2) is 0 Å². The maximum atomic E-state index is 9.02. The highest BCUT2D eigenvalue weighted by molar-refractivity contribution is 14.1. The number of halogens is 1. The molecule has 1 heterocycles. The van der Waals surface area contributed by atoms with Crippen LogP contribution in [0, 0.1) is 14.9 Å². The highest BCUT2D eigenvalue weighted by Gasteiger charge is 2.09. The minimum Gasteiger partial charge on any atom is -0.192 e. The number of benzene rings is 1. The molecule has 1 aromatic carbocycles. The van der Waals surface area contributed by atoms with E-state index in [2.05, 4.69) is 35.6 Å². The summed E-state index contributed by atoms with van der Waals surface area (Å²) < 4.78 is 2.55. The van der Waals surface area contributed by atoms with E-state index in [4.69, 9.17) is 5.26 Å². The minimum absolute atomic E-state index is 0.804. The quantitative estimate of drug-likeness (QED) is 0.732. The zero-order valence-corrected chi connectivity index (χ0v) is 10.6. The Balaban J connectivity index is 2.89. The predicted molar refractivity (Wildman–Crippen MR) is 68.6 cm³/mol. The standard InChI is InChI=1S/C11H8INS/c1-2-7-5-8(6-13)9-3-4-14-11(9)10(7)12/h3-5H,2H2,1H3. The Morgan fingerprint density at radius 3 is 3.00 bits per heavy atom. The van der Waals surface area contributed by atoms with Gasteiger partial charge in [0.05, 0.1) is 11.6 Å². The van der Waals surface area contributed by atoms with E-state index in [9.17, 15) is 0 Å². The first kappa shape index (κ1) is 9.94. The summed E-state index contributed by atoms with van der Waals surface area (Å²) in [5.41, 5.74) is 2.08.